The number of alkyl halides is 3. The highest BCUT2D eigenvalue weighted by atomic mass is 32.2. The van der Waals surface area contributed by atoms with Crippen LogP contribution in [0.2, 0.25) is 0 Å². The fourth-order valence-electron chi connectivity index (χ4n) is 3.17. The summed E-state index contributed by atoms with van der Waals surface area (Å²) in [6.07, 6.45) is -4.53. The molecule has 1 amide bonds. The van der Waals surface area contributed by atoms with Crippen LogP contribution < -0.4 is 0 Å². The second-order valence-electron chi connectivity index (χ2n) is 7.02. The number of hydrogen-bond acceptors (Lipinski definition) is 3. The second-order valence-corrected chi connectivity index (χ2v) is 8.96. The Morgan fingerprint density at radius 1 is 0.931 bits per heavy atom. The molecule has 0 aliphatic carbocycles. The monoisotopic (exact) mass is 426 g/mol. The van der Waals surface area contributed by atoms with Crippen LogP contribution in [0.1, 0.15) is 27.0 Å². The third-order valence-corrected chi connectivity index (χ3v) is 6.97. The van der Waals surface area contributed by atoms with Gasteiger partial charge in [-0.25, -0.2) is 8.42 Å². The molecule has 1 fully saturated rings. The standard InChI is InChI=1S/C20H21F3N2O3S/c1-14-6-7-18(12-15(14)2)29(27,28)25-10-8-24(9-11-25)19(26)16-4-3-5-17(13-16)20(21,22)23/h3-7,12-13H,8-11H2,1-2H3. The summed E-state index contributed by atoms with van der Waals surface area (Å²) in [5.41, 5.74) is 0.898. The number of carbonyl (C=O) groups excluding carboxylic acids is 1. The Kier molecular flexibility index (Phi) is 5.73. The van der Waals surface area contributed by atoms with Gasteiger partial charge in [0.25, 0.3) is 5.91 Å². The van der Waals surface area contributed by atoms with Crippen molar-refractivity contribution in [3.05, 3.63) is 64.7 Å². The molecule has 0 unspecified atom stereocenters. The zero-order chi connectivity index (χ0) is 21.4. The number of piperazine rings is 1. The Morgan fingerprint density at radius 2 is 1.59 bits per heavy atom. The first-order valence-electron chi connectivity index (χ1n) is 9.04. The van der Waals surface area contributed by atoms with Crippen LogP contribution in [0.5, 0.6) is 0 Å². The number of carbonyl (C=O) groups is 1. The second kappa shape index (κ2) is 7.79. The molecule has 3 rings (SSSR count). The molecule has 1 heterocycles. The minimum Gasteiger partial charge on any atom is -0.336 e. The van der Waals surface area contributed by atoms with E-state index < -0.39 is 27.7 Å². The molecule has 5 nitrogen and oxygen atoms in total. The lowest BCUT2D eigenvalue weighted by Gasteiger charge is -2.34. The SMILES string of the molecule is Cc1ccc(S(=O)(=O)N2CCN(C(=O)c3cccc(C(F)(F)F)c3)CC2)cc1C. The van der Waals surface area contributed by atoms with E-state index in [-0.39, 0.29) is 36.6 Å². The number of amides is 1. The van der Waals surface area contributed by atoms with Crippen LogP contribution >= 0.6 is 0 Å². The third kappa shape index (κ3) is 4.45. The predicted molar refractivity (Wildman–Crippen MR) is 102 cm³/mol. The molecule has 0 aromatic heterocycles. The quantitative estimate of drug-likeness (QED) is 0.755. The van der Waals surface area contributed by atoms with Crippen molar-refractivity contribution >= 4 is 15.9 Å². The Bertz CT molecular complexity index is 1030. The van der Waals surface area contributed by atoms with Crippen LogP contribution in [-0.4, -0.2) is 49.7 Å². The molecule has 0 spiro atoms. The minimum atomic E-state index is -4.53. The van der Waals surface area contributed by atoms with E-state index in [9.17, 15) is 26.4 Å². The molecule has 156 valence electrons. The molecule has 1 aliphatic heterocycles. The first-order valence-corrected chi connectivity index (χ1v) is 10.5. The van der Waals surface area contributed by atoms with Gasteiger partial charge in [0.05, 0.1) is 10.5 Å². The van der Waals surface area contributed by atoms with Crippen LogP contribution in [-0.2, 0) is 16.2 Å². The summed E-state index contributed by atoms with van der Waals surface area (Å²) in [5, 5.41) is 0. The summed E-state index contributed by atoms with van der Waals surface area (Å²) in [4.78, 5) is 14.1. The number of sulfonamides is 1. The molecule has 1 saturated heterocycles. The summed E-state index contributed by atoms with van der Waals surface area (Å²) in [7, 11) is -3.69. The largest absolute Gasteiger partial charge is 0.416 e. The van der Waals surface area contributed by atoms with Gasteiger partial charge in [-0.3, -0.25) is 4.79 Å². The summed E-state index contributed by atoms with van der Waals surface area (Å²) in [5.74, 6) is -0.542. The zero-order valence-electron chi connectivity index (χ0n) is 16.0. The van der Waals surface area contributed by atoms with Crippen LogP contribution in [0.25, 0.3) is 0 Å². The molecular formula is C20H21F3N2O3S. The van der Waals surface area contributed by atoms with Crippen molar-refractivity contribution in [3.63, 3.8) is 0 Å². The zero-order valence-corrected chi connectivity index (χ0v) is 16.8. The van der Waals surface area contributed by atoms with Gasteiger partial charge >= 0.3 is 6.18 Å². The van der Waals surface area contributed by atoms with Crippen LogP contribution in [0.3, 0.4) is 0 Å². The highest BCUT2D eigenvalue weighted by molar-refractivity contribution is 7.89. The molecule has 2 aromatic rings. The first kappa shape index (κ1) is 21.3. The van der Waals surface area contributed by atoms with Gasteiger partial charge in [-0.1, -0.05) is 12.1 Å². The molecule has 9 heteroatoms. The van der Waals surface area contributed by atoms with Crippen LogP contribution in [0.15, 0.2) is 47.4 Å². The van der Waals surface area contributed by atoms with Gasteiger partial charge in [0.1, 0.15) is 0 Å². The van der Waals surface area contributed by atoms with Gasteiger partial charge < -0.3 is 4.90 Å². The number of hydrogen-bond donors (Lipinski definition) is 0. The van der Waals surface area contributed by atoms with E-state index in [0.717, 1.165) is 23.3 Å². The first-order chi connectivity index (χ1) is 13.5. The average Bonchev–Trinajstić information content (AvgIpc) is 2.69. The van der Waals surface area contributed by atoms with E-state index in [1.54, 1.807) is 18.2 Å². The minimum absolute atomic E-state index is 0.0645. The molecule has 0 saturated carbocycles. The Balaban J connectivity index is 1.72. The van der Waals surface area contributed by atoms with Crippen LogP contribution in [0.4, 0.5) is 13.2 Å². The summed E-state index contributed by atoms with van der Waals surface area (Å²) >= 11 is 0. The maximum absolute atomic E-state index is 12.9. The fraction of sp³-hybridized carbons (Fsp3) is 0.350. The predicted octanol–water partition coefficient (Wildman–Crippen LogP) is 3.47. The number of aryl methyl sites for hydroxylation is 2. The molecular weight excluding hydrogens is 405 g/mol. The van der Waals surface area contributed by atoms with E-state index >= 15 is 0 Å². The maximum Gasteiger partial charge on any atom is 0.416 e. The van der Waals surface area contributed by atoms with Gasteiger partial charge in [0.2, 0.25) is 10.0 Å². The highest BCUT2D eigenvalue weighted by Crippen LogP contribution is 2.30. The van der Waals surface area contributed by atoms with E-state index in [1.807, 2.05) is 13.8 Å². The molecule has 1 aliphatic rings. The van der Waals surface area contributed by atoms with Gasteiger partial charge in [-0.2, -0.15) is 17.5 Å². The van der Waals surface area contributed by atoms with Crippen molar-refractivity contribution in [3.8, 4) is 0 Å². The molecule has 2 aromatic carbocycles. The van der Waals surface area contributed by atoms with Crippen molar-refractivity contribution in [1.82, 2.24) is 9.21 Å². The van der Waals surface area contributed by atoms with Gasteiger partial charge in [0.15, 0.2) is 0 Å². The lowest BCUT2D eigenvalue weighted by Crippen LogP contribution is -2.50. The van der Waals surface area contributed by atoms with E-state index in [2.05, 4.69) is 0 Å². The Morgan fingerprint density at radius 3 is 2.17 bits per heavy atom. The smallest absolute Gasteiger partial charge is 0.336 e. The van der Waals surface area contributed by atoms with E-state index in [0.29, 0.717) is 0 Å². The van der Waals surface area contributed by atoms with Crippen molar-refractivity contribution in [2.45, 2.75) is 24.9 Å². The number of nitrogens with zero attached hydrogens (tertiary/aromatic N) is 2. The average molecular weight is 426 g/mol. The number of rotatable bonds is 3. The summed E-state index contributed by atoms with van der Waals surface area (Å²) in [6.45, 7) is 4.11. The van der Waals surface area contributed by atoms with E-state index in [1.165, 1.54) is 21.3 Å². The molecule has 0 atom stereocenters. The van der Waals surface area contributed by atoms with E-state index in [4.69, 9.17) is 0 Å². The summed E-state index contributed by atoms with van der Waals surface area (Å²) in [6, 6.07) is 9.16. The molecule has 0 N–H and O–H groups in total. The highest BCUT2D eigenvalue weighted by Gasteiger charge is 2.33. The van der Waals surface area contributed by atoms with Crippen LogP contribution in [0, 0.1) is 13.8 Å². The molecule has 0 bridgehead atoms. The fourth-order valence-corrected chi connectivity index (χ4v) is 4.67. The molecule has 29 heavy (non-hydrogen) atoms. The van der Waals surface area contributed by atoms with Gasteiger partial charge in [-0.05, 0) is 55.3 Å². The lowest BCUT2D eigenvalue weighted by molar-refractivity contribution is -0.137. The lowest BCUT2D eigenvalue weighted by atomic mass is 10.1. The summed E-state index contributed by atoms with van der Waals surface area (Å²) < 4.78 is 65.6. The van der Waals surface area contributed by atoms with Crippen molar-refractivity contribution < 1.29 is 26.4 Å². The Hall–Kier alpha value is -2.39. The normalized spacial score (nSPS) is 16.1. The molecule has 0 radical (unpaired) electrons. The van der Waals surface area contributed by atoms with Gasteiger partial charge in [-0.15, -0.1) is 0 Å². The van der Waals surface area contributed by atoms with Crippen molar-refractivity contribution in [2.75, 3.05) is 26.2 Å². The number of halogens is 3. The van der Waals surface area contributed by atoms with Crippen molar-refractivity contribution in [1.29, 1.82) is 0 Å². The van der Waals surface area contributed by atoms with Gasteiger partial charge in [0, 0.05) is 31.7 Å². The van der Waals surface area contributed by atoms with Crippen molar-refractivity contribution in [2.24, 2.45) is 0 Å². The third-order valence-electron chi connectivity index (χ3n) is 5.08. The Labute approximate surface area is 167 Å². The topological polar surface area (TPSA) is 57.7 Å². The maximum atomic E-state index is 12.9. The number of benzene rings is 2.